The number of rotatable bonds is 1. The maximum Gasteiger partial charge on any atom is 0.339 e. The van der Waals surface area contributed by atoms with Gasteiger partial charge in [-0.3, -0.25) is 4.79 Å². The summed E-state index contributed by atoms with van der Waals surface area (Å²) >= 11 is 0. The van der Waals surface area contributed by atoms with Crippen LogP contribution in [0.15, 0.2) is 41.0 Å². The summed E-state index contributed by atoms with van der Waals surface area (Å²) in [4.78, 5) is 26.1. The maximum atomic E-state index is 14.0. The molecule has 7 nitrogen and oxygen atoms in total. The number of fused-ring (bicyclic) bond motifs is 2. The van der Waals surface area contributed by atoms with Crippen molar-refractivity contribution in [2.24, 2.45) is 5.73 Å². The summed E-state index contributed by atoms with van der Waals surface area (Å²) in [6, 6.07) is 5.48. The van der Waals surface area contributed by atoms with Crippen LogP contribution in [0.3, 0.4) is 0 Å². The highest BCUT2D eigenvalue weighted by Crippen LogP contribution is 2.52. The van der Waals surface area contributed by atoms with E-state index in [1.165, 1.54) is 19.1 Å². The van der Waals surface area contributed by atoms with E-state index >= 15 is 0 Å². The normalized spacial score (nSPS) is 21.6. The van der Waals surface area contributed by atoms with Crippen molar-refractivity contribution in [2.75, 3.05) is 5.32 Å². The summed E-state index contributed by atoms with van der Waals surface area (Å²) < 4.78 is 24.8. The van der Waals surface area contributed by atoms with Crippen LogP contribution in [-0.2, 0) is 24.5 Å². The van der Waals surface area contributed by atoms with Gasteiger partial charge >= 0.3 is 5.97 Å². The largest absolute Gasteiger partial charge is 0.456 e. The summed E-state index contributed by atoms with van der Waals surface area (Å²) in [7, 11) is 0. The molecule has 1 unspecified atom stereocenters. The van der Waals surface area contributed by atoms with E-state index in [9.17, 15) is 19.2 Å². The van der Waals surface area contributed by atoms with E-state index in [4.69, 9.17) is 15.2 Å². The summed E-state index contributed by atoms with van der Waals surface area (Å²) in [6.07, 6.45) is 0. The van der Waals surface area contributed by atoms with Crippen molar-refractivity contribution in [1.29, 1.82) is 5.26 Å². The Morgan fingerprint density at radius 1 is 1.41 bits per heavy atom. The van der Waals surface area contributed by atoms with Gasteiger partial charge in [-0.2, -0.15) is 5.26 Å². The lowest BCUT2D eigenvalue weighted by Crippen LogP contribution is -2.46. The number of nitrogens with one attached hydrogen (secondary N) is 1. The summed E-state index contributed by atoms with van der Waals surface area (Å²) in [6.45, 7) is 6.42. The van der Waals surface area contributed by atoms with E-state index in [0.29, 0.717) is 0 Å². The maximum absolute atomic E-state index is 14.0. The minimum atomic E-state index is -1.94. The number of carbonyl (C=O) groups is 2. The molecule has 27 heavy (non-hydrogen) atoms. The zero-order chi connectivity index (χ0) is 20.1. The molecular formula is C19H18FN3O4. The number of esters is 1. The first-order valence-electron chi connectivity index (χ1n) is 8.16. The van der Waals surface area contributed by atoms with Gasteiger partial charge in [-0.15, -0.1) is 0 Å². The molecule has 0 aliphatic carbocycles. The Hall–Kier alpha value is -3.34. The van der Waals surface area contributed by atoms with Crippen molar-refractivity contribution < 1.29 is 23.5 Å². The van der Waals surface area contributed by atoms with Gasteiger partial charge < -0.3 is 20.5 Å². The van der Waals surface area contributed by atoms with Crippen LogP contribution in [0.4, 0.5) is 10.1 Å². The number of carbonyl (C=O) groups excluding carboxylic acids is 2. The Labute approximate surface area is 155 Å². The van der Waals surface area contributed by atoms with Crippen molar-refractivity contribution in [1.82, 2.24) is 0 Å². The molecule has 0 aromatic heterocycles. The van der Waals surface area contributed by atoms with Gasteiger partial charge in [-0.1, -0.05) is 0 Å². The second-order valence-electron chi connectivity index (χ2n) is 7.28. The summed E-state index contributed by atoms with van der Waals surface area (Å²) in [5.74, 6) is -2.51. The number of amides is 1. The number of nitriles is 1. The fraction of sp³-hybridized carbons (Fsp3) is 0.316. The van der Waals surface area contributed by atoms with Gasteiger partial charge in [0.05, 0.1) is 0 Å². The van der Waals surface area contributed by atoms with Crippen molar-refractivity contribution in [3.05, 3.63) is 52.4 Å². The molecule has 1 atom stereocenters. The average molecular weight is 371 g/mol. The van der Waals surface area contributed by atoms with Gasteiger partial charge in [0.2, 0.25) is 11.8 Å². The molecule has 3 N–H and O–H groups in total. The highest BCUT2D eigenvalue weighted by molar-refractivity contribution is 6.17. The topological polar surface area (TPSA) is 114 Å². The van der Waals surface area contributed by atoms with Crippen molar-refractivity contribution in [3.63, 3.8) is 0 Å². The summed E-state index contributed by atoms with van der Waals surface area (Å²) in [5.41, 5.74) is 2.93. The molecule has 140 valence electrons. The first-order valence-corrected chi connectivity index (χ1v) is 8.16. The third-order valence-corrected chi connectivity index (χ3v) is 4.30. The van der Waals surface area contributed by atoms with Crippen LogP contribution in [0.25, 0.3) is 0 Å². The van der Waals surface area contributed by atoms with E-state index in [2.05, 4.69) is 5.32 Å². The van der Waals surface area contributed by atoms with Crippen LogP contribution in [0.1, 0.15) is 33.3 Å². The third-order valence-electron chi connectivity index (χ3n) is 4.30. The van der Waals surface area contributed by atoms with E-state index < -0.39 is 28.7 Å². The SMILES string of the molecule is CC1=C(C(=O)OC(C)(C)C)C2(C(=O)Nc3ccc(F)cc32)C(C#N)=C(N)O1. The van der Waals surface area contributed by atoms with Crippen molar-refractivity contribution >= 4 is 17.6 Å². The predicted octanol–water partition coefficient (Wildman–Crippen LogP) is 2.36. The Morgan fingerprint density at radius 3 is 2.67 bits per heavy atom. The molecule has 2 aliphatic heterocycles. The number of halogens is 1. The van der Waals surface area contributed by atoms with E-state index in [1.807, 2.05) is 6.07 Å². The molecule has 0 saturated carbocycles. The molecule has 0 radical (unpaired) electrons. The molecule has 2 aliphatic rings. The Kier molecular flexibility index (Phi) is 3.99. The highest BCUT2D eigenvalue weighted by Gasteiger charge is 2.60. The summed E-state index contributed by atoms with van der Waals surface area (Å²) in [5, 5.41) is 12.3. The molecule has 1 aromatic rings. The molecule has 0 fully saturated rings. The van der Waals surface area contributed by atoms with Crippen molar-refractivity contribution in [3.8, 4) is 6.07 Å². The minimum absolute atomic E-state index is 0.00742. The monoisotopic (exact) mass is 371 g/mol. The first-order chi connectivity index (χ1) is 12.5. The van der Waals surface area contributed by atoms with Gasteiger partial charge in [-0.05, 0) is 45.9 Å². The quantitative estimate of drug-likeness (QED) is 0.733. The molecule has 0 saturated heterocycles. The smallest absolute Gasteiger partial charge is 0.339 e. The molecule has 1 aromatic carbocycles. The Balaban J connectivity index is 2.36. The number of hydrogen-bond donors (Lipinski definition) is 2. The lowest BCUT2D eigenvalue weighted by Gasteiger charge is -2.35. The third kappa shape index (κ3) is 2.63. The van der Waals surface area contributed by atoms with Crippen LogP contribution in [-0.4, -0.2) is 17.5 Å². The van der Waals surface area contributed by atoms with Crippen LogP contribution >= 0.6 is 0 Å². The second kappa shape index (κ2) is 5.84. The Bertz CT molecular complexity index is 982. The zero-order valence-corrected chi connectivity index (χ0v) is 15.3. The zero-order valence-electron chi connectivity index (χ0n) is 15.3. The van der Waals surface area contributed by atoms with Crippen LogP contribution < -0.4 is 11.1 Å². The molecule has 0 bridgehead atoms. The van der Waals surface area contributed by atoms with Gasteiger partial charge in [0.15, 0.2) is 5.41 Å². The van der Waals surface area contributed by atoms with Gasteiger partial charge in [0.1, 0.15) is 34.4 Å². The molecule has 2 heterocycles. The van der Waals surface area contributed by atoms with Gasteiger partial charge in [0.25, 0.3) is 0 Å². The lowest BCUT2D eigenvalue weighted by molar-refractivity contribution is -0.151. The number of nitrogens with zero attached hydrogens (tertiary/aromatic N) is 1. The molecule has 1 amide bonds. The fourth-order valence-electron chi connectivity index (χ4n) is 3.38. The predicted molar refractivity (Wildman–Crippen MR) is 93.2 cm³/mol. The number of allylic oxidation sites excluding steroid dienone is 1. The molecule has 1 spiro atoms. The number of hydrogen-bond acceptors (Lipinski definition) is 6. The second-order valence-corrected chi connectivity index (χ2v) is 7.28. The molecule has 8 heteroatoms. The Morgan fingerprint density at radius 2 is 2.07 bits per heavy atom. The standard InChI is InChI=1S/C19H18FN3O4/c1-9-14(16(24)27-18(2,3)4)19(12(8-21)15(22)26-9)11-7-10(20)5-6-13(11)23-17(19)25/h5-7H,22H2,1-4H3,(H,23,25). The van der Waals surface area contributed by atoms with Crippen LogP contribution in [0.5, 0.6) is 0 Å². The lowest BCUT2D eigenvalue weighted by atomic mass is 9.68. The van der Waals surface area contributed by atoms with Gasteiger partial charge in [-0.25, -0.2) is 9.18 Å². The van der Waals surface area contributed by atoms with Crippen LogP contribution in [0.2, 0.25) is 0 Å². The number of ether oxygens (including phenoxy) is 2. The van der Waals surface area contributed by atoms with E-state index in [0.717, 1.165) is 6.07 Å². The molecular weight excluding hydrogens is 353 g/mol. The van der Waals surface area contributed by atoms with Crippen molar-refractivity contribution in [2.45, 2.75) is 38.7 Å². The number of nitrogens with two attached hydrogens (primary N) is 1. The number of anilines is 1. The van der Waals surface area contributed by atoms with E-state index in [1.54, 1.807) is 20.8 Å². The highest BCUT2D eigenvalue weighted by atomic mass is 19.1. The minimum Gasteiger partial charge on any atom is -0.456 e. The van der Waals surface area contributed by atoms with Gasteiger partial charge in [0, 0.05) is 11.3 Å². The fourth-order valence-corrected chi connectivity index (χ4v) is 3.38. The van der Waals surface area contributed by atoms with Crippen LogP contribution in [0, 0.1) is 17.1 Å². The average Bonchev–Trinajstić information content (AvgIpc) is 2.79. The first kappa shape index (κ1) is 18.5. The number of benzene rings is 1. The van der Waals surface area contributed by atoms with E-state index in [-0.39, 0.29) is 34.0 Å². The molecule has 3 rings (SSSR count).